The number of rotatable bonds is 12. The molecule has 1 rings (SSSR count). The SMILES string of the molecule is C=CCCCCOC(=O)c1ccc(O)cc1C(=O)OCCCCC=C. The van der Waals surface area contributed by atoms with E-state index in [2.05, 4.69) is 13.2 Å². The number of aromatic hydroxyl groups is 1. The fourth-order valence-corrected chi connectivity index (χ4v) is 2.15. The summed E-state index contributed by atoms with van der Waals surface area (Å²) in [7, 11) is 0. The van der Waals surface area contributed by atoms with E-state index < -0.39 is 11.9 Å². The van der Waals surface area contributed by atoms with Crippen LogP contribution in [0, 0.1) is 0 Å². The minimum Gasteiger partial charge on any atom is -0.508 e. The second-order valence-electron chi connectivity index (χ2n) is 5.57. The van der Waals surface area contributed by atoms with Crippen LogP contribution in [0.4, 0.5) is 0 Å². The summed E-state index contributed by atoms with van der Waals surface area (Å²) >= 11 is 0. The maximum Gasteiger partial charge on any atom is 0.339 e. The second kappa shape index (κ2) is 11.9. The van der Waals surface area contributed by atoms with Crippen LogP contribution < -0.4 is 0 Å². The third-order valence-corrected chi connectivity index (χ3v) is 3.51. The number of hydrogen-bond acceptors (Lipinski definition) is 5. The van der Waals surface area contributed by atoms with Gasteiger partial charge in [-0.2, -0.15) is 0 Å². The first kappa shape index (κ1) is 20.5. The van der Waals surface area contributed by atoms with Crippen molar-refractivity contribution in [3.05, 3.63) is 54.6 Å². The third-order valence-electron chi connectivity index (χ3n) is 3.51. The molecule has 0 aliphatic carbocycles. The Labute approximate surface area is 149 Å². The van der Waals surface area contributed by atoms with E-state index in [1.807, 2.05) is 6.08 Å². The number of carbonyl (C=O) groups excluding carboxylic acids is 2. The molecular weight excluding hydrogens is 320 g/mol. The lowest BCUT2D eigenvalue weighted by Gasteiger charge is -2.10. The van der Waals surface area contributed by atoms with E-state index in [0.717, 1.165) is 32.1 Å². The van der Waals surface area contributed by atoms with Gasteiger partial charge in [-0.25, -0.2) is 9.59 Å². The van der Waals surface area contributed by atoms with Crippen LogP contribution in [0.15, 0.2) is 43.5 Å². The monoisotopic (exact) mass is 346 g/mol. The summed E-state index contributed by atoms with van der Waals surface area (Å²) in [4.78, 5) is 24.4. The van der Waals surface area contributed by atoms with Crippen molar-refractivity contribution in [2.24, 2.45) is 0 Å². The van der Waals surface area contributed by atoms with E-state index in [1.165, 1.54) is 18.2 Å². The number of allylic oxidation sites excluding steroid dienone is 2. The van der Waals surface area contributed by atoms with Gasteiger partial charge in [0, 0.05) is 0 Å². The summed E-state index contributed by atoms with van der Waals surface area (Å²) in [5, 5.41) is 9.60. The van der Waals surface area contributed by atoms with Crippen molar-refractivity contribution in [1.82, 2.24) is 0 Å². The Morgan fingerprint density at radius 1 is 0.880 bits per heavy atom. The van der Waals surface area contributed by atoms with Gasteiger partial charge in [0.25, 0.3) is 0 Å². The number of unbranched alkanes of at least 4 members (excludes halogenated alkanes) is 4. The van der Waals surface area contributed by atoms with Crippen molar-refractivity contribution in [3.8, 4) is 5.75 Å². The van der Waals surface area contributed by atoms with E-state index in [1.54, 1.807) is 6.08 Å². The van der Waals surface area contributed by atoms with Gasteiger partial charge in [-0.1, -0.05) is 12.2 Å². The summed E-state index contributed by atoms with van der Waals surface area (Å²) < 4.78 is 10.4. The minimum atomic E-state index is -0.645. The molecule has 0 saturated carbocycles. The summed E-state index contributed by atoms with van der Waals surface area (Å²) in [6, 6.07) is 3.94. The smallest absolute Gasteiger partial charge is 0.339 e. The molecular formula is C20H26O5. The lowest BCUT2D eigenvalue weighted by atomic mass is 10.1. The largest absolute Gasteiger partial charge is 0.508 e. The van der Waals surface area contributed by atoms with Crippen LogP contribution in [0.1, 0.15) is 59.2 Å². The first-order valence-corrected chi connectivity index (χ1v) is 8.49. The predicted octanol–water partition coefficient (Wildman–Crippen LogP) is 4.42. The summed E-state index contributed by atoms with van der Waals surface area (Å²) in [5.74, 6) is -1.36. The Kier molecular flexibility index (Phi) is 9.75. The van der Waals surface area contributed by atoms with Crippen LogP contribution in [0.3, 0.4) is 0 Å². The molecule has 0 spiro atoms. The molecule has 1 aromatic rings. The molecule has 0 aromatic heterocycles. The average molecular weight is 346 g/mol. The first-order valence-electron chi connectivity index (χ1n) is 8.49. The zero-order chi connectivity index (χ0) is 18.5. The zero-order valence-electron chi connectivity index (χ0n) is 14.5. The van der Waals surface area contributed by atoms with E-state index in [4.69, 9.17) is 9.47 Å². The van der Waals surface area contributed by atoms with Crippen molar-refractivity contribution >= 4 is 11.9 Å². The Hall–Kier alpha value is -2.56. The van der Waals surface area contributed by atoms with Crippen molar-refractivity contribution in [1.29, 1.82) is 0 Å². The molecule has 136 valence electrons. The normalized spacial score (nSPS) is 10.1. The summed E-state index contributed by atoms with van der Waals surface area (Å²) in [6.45, 7) is 7.78. The fourth-order valence-electron chi connectivity index (χ4n) is 2.15. The standard InChI is InChI=1S/C20H26O5/c1-3-5-7-9-13-24-19(22)17-12-11-16(21)15-18(17)20(23)25-14-10-8-6-4-2/h3-4,11-12,15,21H,1-2,5-10,13-14H2. The summed E-state index contributed by atoms with van der Waals surface area (Å²) in [5.41, 5.74) is 0.109. The predicted molar refractivity (Wildman–Crippen MR) is 96.8 cm³/mol. The van der Waals surface area contributed by atoms with E-state index in [9.17, 15) is 14.7 Å². The number of phenolic OH excluding ortho intramolecular Hbond substituents is 1. The number of carbonyl (C=O) groups is 2. The molecule has 0 aliphatic heterocycles. The molecule has 1 aromatic carbocycles. The van der Waals surface area contributed by atoms with Crippen LogP contribution in [-0.4, -0.2) is 30.3 Å². The van der Waals surface area contributed by atoms with Crippen molar-refractivity contribution in [2.45, 2.75) is 38.5 Å². The molecule has 0 unspecified atom stereocenters. The number of ether oxygens (including phenoxy) is 2. The Balaban J connectivity index is 2.64. The average Bonchev–Trinajstić information content (AvgIpc) is 2.61. The number of esters is 2. The second-order valence-corrected chi connectivity index (χ2v) is 5.57. The van der Waals surface area contributed by atoms with Crippen molar-refractivity contribution in [3.63, 3.8) is 0 Å². The highest BCUT2D eigenvalue weighted by Gasteiger charge is 2.20. The first-order chi connectivity index (χ1) is 12.1. The Morgan fingerprint density at radius 3 is 1.92 bits per heavy atom. The minimum absolute atomic E-state index is 0.0137. The van der Waals surface area contributed by atoms with Gasteiger partial charge < -0.3 is 14.6 Å². The van der Waals surface area contributed by atoms with Crippen LogP contribution >= 0.6 is 0 Å². The van der Waals surface area contributed by atoms with Crippen LogP contribution in [0.25, 0.3) is 0 Å². The van der Waals surface area contributed by atoms with Gasteiger partial charge in [0.15, 0.2) is 0 Å². The molecule has 0 radical (unpaired) electrons. The summed E-state index contributed by atoms with van der Waals surface area (Å²) in [6.07, 6.45) is 8.51. The molecule has 1 N–H and O–H groups in total. The fraction of sp³-hybridized carbons (Fsp3) is 0.400. The molecule has 0 fully saturated rings. The molecule has 5 heteroatoms. The highest BCUT2D eigenvalue weighted by atomic mass is 16.5. The van der Waals surface area contributed by atoms with Gasteiger partial charge in [-0.15, -0.1) is 13.2 Å². The quantitative estimate of drug-likeness (QED) is 0.344. The van der Waals surface area contributed by atoms with Crippen LogP contribution in [0.5, 0.6) is 5.75 Å². The third kappa shape index (κ3) is 7.70. The van der Waals surface area contributed by atoms with Gasteiger partial charge >= 0.3 is 11.9 Å². The van der Waals surface area contributed by atoms with E-state index in [-0.39, 0.29) is 30.1 Å². The van der Waals surface area contributed by atoms with E-state index in [0.29, 0.717) is 6.42 Å². The molecule has 0 saturated heterocycles. The lowest BCUT2D eigenvalue weighted by molar-refractivity contribution is 0.0451. The topological polar surface area (TPSA) is 72.8 Å². The van der Waals surface area contributed by atoms with E-state index >= 15 is 0 Å². The molecule has 0 aliphatic rings. The molecule has 0 bridgehead atoms. The Bertz CT molecular complexity index is 592. The lowest BCUT2D eigenvalue weighted by Crippen LogP contribution is -2.15. The zero-order valence-corrected chi connectivity index (χ0v) is 14.5. The maximum absolute atomic E-state index is 12.2. The Morgan fingerprint density at radius 2 is 1.40 bits per heavy atom. The van der Waals surface area contributed by atoms with Gasteiger partial charge in [0.2, 0.25) is 0 Å². The maximum atomic E-state index is 12.2. The highest BCUT2D eigenvalue weighted by Crippen LogP contribution is 2.19. The van der Waals surface area contributed by atoms with Crippen molar-refractivity contribution < 1.29 is 24.2 Å². The van der Waals surface area contributed by atoms with Gasteiger partial charge in [-0.3, -0.25) is 0 Å². The molecule has 0 atom stereocenters. The van der Waals surface area contributed by atoms with Gasteiger partial charge in [0.1, 0.15) is 5.75 Å². The molecule has 25 heavy (non-hydrogen) atoms. The van der Waals surface area contributed by atoms with Gasteiger partial charge in [-0.05, 0) is 56.7 Å². The van der Waals surface area contributed by atoms with Crippen LogP contribution in [0.2, 0.25) is 0 Å². The molecule has 0 amide bonds. The van der Waals surface area contributed by atoms with Crippen LogP contribution in [-0.2, 0) is 9.47 Å². The molecule has 5 nitrogen and oxygen atoms in total. The number of benzene rings is 1. The molecule has 0 heterocycles. The van der Waals surface area contributed by atoms with Crippen molar-refractivity contribution in [2.75, 3.05) is 13.2 Å². The van der Waals surface area contributed by atoms with Gasteiger partial charge in [0.05, 0.1) is 24.3 Å². The number of phenols is 1. The number of hydrogen-bond donors (Lipinski definition) is 1. The highest BCUT2D eigenvalue weighted by molar-refractivity contribution is 6.03.